The number of thiazole rings is 1. The quantitative estimate of drug-likeness (QED) is 0.656. The van der Waals surface area contributed by atoms with Crippen LogP contribution in [-0.2, 0) is 0 Å². The number of anilines is 1. The lowest BCUT2D eigenvalue weighted by Gasteiger charge is -2.07. The van der Waals surface area contributed by atoms with Gasteiger partial charge >= 0.3 is 0 Å². The SMILES string of the molecule is CC(CN=C(N)Nc1ccccc1)c1nccs1. The van der Waals surface area contributed by atoms with E-state index in [1.54, 1.807) is 11.3 Å². The molecule has 3 N–H and O–H groups in total. The number of nitrogens with zero attached hydrogens (tertiary/aromatic N) is 2. The predicted octanol–water partition coefficient (Wildman–Crippen LogP) is 2.67. The number of para-hydroxylation sites is 1. The van der Waals surface area contributed by atoms with Crippen molar-refractivity contribution >= 4 is 23.0 Å². The van der Waals surface area contributed by atoms with Crippen LogP contribution in [0, 0.1) is 0 Å². The van der Waals surface area contributed by atoms with Crippen molar-refractivity contribution < 1.29 is 0 Å². The van der Waals surface area contributed by atoms with Crippen molar-refractivity contribution in [1.29, 1.82) is 0 Å². The van der Waals surface area contributed by atoms with E-state index in [1.165, 1.54) is 0 Å². The van der Waals surface area contributed by atoms with Gasteiger partial charge < -0.3 is 11.1 Å². The maximum Gasteiger partial charge on any atom is 0.193 e. The van der Waals surface area contributed by atoms with Crippen LogP contribution < -0.4 is 11.1 Å². The molecule has 18 heavy (non-hydrogen) atoms. The van der Waals surface area contributed by atoms with Gasteiger partial charge in [-0.15, -0.1) is 11.3 Å². The van der Waals surface area contributed by atoms with Crippen LogP contribution in [0.25, 0.3) is 0 Å². The molecule has 94 valence electrons. The second kappa shape index (κ2) is 6.16. The Morgan fingerprint density at radius 3 is 2.89 bits per heavy atom. The summed E-state index contributed by atoms with van der Waals surface area (Å²) < 4.78 is 0. The third-order valence-electron chi connectivity index (χ3n) is 2.45. The number of nitrogens with two attached hydrogens (primary N) is 1. The first-order valence-corrected chi connectivity index (χ1v) is 6.65. The van der Waals surface area contributed by atoms with E-state index in [-0.39, 0.29) is 0 Å². The summed E-state index contributed by atoms with van der Waals surface area (Å²) in [6.07, 6.45) is 1.81. The Kier molecular flexibility index (Phi) is 4.30. The molecule has 0 saturated carbocycles. The largest absolute Gasteiger partial charge is 0.370 e. The maximum atomic E-state index is 5.83. The summed E-state index contributed by atoms with van der Waals surface area (Å²) in [6, 6.07) is 9.77. The molecule has 1 aromatic carbocycles. The molecule has 0 bridgehead atoms. The van der Waals surface area contributed by atoms with E-state index in [0.717, 1.165) is 10.7 Å². The Hall–Kier alpha value is -1.88. The van der Waals surface area contributed by atoms with Crippen LogP contribution >= 0.6 is 11.3 Å². The fourth-order valence-corrected chi connectivity index (χ4v) is 2.19. The van der Waals surface area contributed by atoms with Gasteiger partial charge in [0.2, 0.25) is 0 Å². The predicted molar refractivity (Wildman–Crippen MR) is 77.1 cm³/mol. The first-order chi connectivity index (χ1) is 8.75. The van der Waals surface area contributed by atoms with Crippen LogP contribution in [-0.4, -0.2) is 17.5 Å². The molecule has 0 aliphatic heterocycles. The van der Waals surface area contributed by atoms with E-state index in [2.05, 4.69) is 22.2 Å². The number of aliphatic imine (C=N–C) groups is 1. The van der Waals surface area contributed by atoms with Crippen molar-refractivity contribution in [3.8, 4) is 0 Å². The van der Waals surface area contributed by atoms with Gasteiger partial charge in [0.1, 0.15) is 0 Å². The van der Waals surface area contributed by atoms with E-state index in [4.69, 9.17) is 5.73 Å². The van der Waals surface area contributed by atoms with Gasteiger partial charge in [-0.1, -0.05) is 25.1 Å². The summed E-state index contributed by atoms with van der Waals surface area (Å²) in [7, 11) is 0. The molecule has 0 saturated heterocycles. The van der Waals surface area contributed by atoms with E-state index in [9.17, 15) is 0 Å². The average molecular weight is 260 g/mol. The number of hydrogen-bond acceptors (Lipinski definition) is 3. The lowest BCUT2D eigenvalue weighted by molar-refractivity contribution is 0.766. The Balaban J connectivity index is 1.89. The second-order valence-corrected chi connectivity index (χ2v) is 4.91. The minimum Gasteiger partial charge on any atom is -0.370 e. The van der Waals surface area contributed by atoms with Gasteiger partial charge in [-0.25, -0.2) is 4.98 Å². The monoisotopic (exact) mass is 260 g/mol. The van der Waals surface area contributed by atoms with Gasteiger partial charge in [0.25, 0.3) is 0 Å². The third kappa shape index (κ3) is 3.56. The fourth-order valence-electron chi connectivity index (χ4n) is 1.50. The minimum absolute atomic E-state index is 0.293. The van der Waals surface area contributed by atoms with E-state index in [0.29, 0.717) is 18.4 Å². The number of hydrogen-bond donors (Lipinski definition) is 2. The molecule has 0 fully saturated rings. The lowest BCUT2D eigenvalue weighted by Crippen LogP contribution is -2.23. The van der Waals surface area contributed by atoms with Crippen molar-refractivity contribution in [2.75, 3.05) is 11.9 Å². The normalized spacial score (nSPS) is 13.3. The van der Waals surface area contributed by atoms with Gasteiger partial charge in [0.05, 0.1) is 11.6 Å². The summed E-state index contributed by atoms with van der Waals surface area (Å²) in [5.74, 6) is 0.728. The molecule has 1 aromatic heterocycles. The molecule has 2 aromatic rings. The van der Waals surface area contributed by atoms with Crippen molar-refractivity contribution in [3.05, 3.63) is 46.9 Å². The molecular weight excluding hydrogens is 244 g/mol. The van der Waals surface area contributed by atoms with Gasteiger partial charge in [0, 0.05) is 23.2 Å². The number of rotatable bonds is 4. The number of nitrogens with one attached hydrogen (secondary N) is 1. The molecular formula is C13H16N4S. The molecule has 0 aliphatic rings. The molecule has 1 unspecified atom stereocenters. The zero-order valence-electron chi connectivity index (χ0n) is 10.2. The minimum atomic E-state index is 0.293. The van der Waals surface area contributed by atoms with E-state index < -0.39 is 0 Å². The number of benzene rings is 1. The highest BCUT2D eigenvalue weighted by Crippen LogP contribution is 2.17. The number of aromatic nitrogens is 1. The molecule has 0 aliphatic carbocycles. The molecule has 1 heterocycles. The zero-order valence-corrected chi connectivity index (χ0v) is 11.0. The number of guanidine groups is 1. The first-order valence-electron chi connectivity index (χ1n) is 5.77. The summed E-state index contributed by atoms with van der Waals surface area (Å²) in [5, 5.41) is 6.12. The molecule has 5 heteroatoms. The topological polar surface area (TPSA) is 63.3 Å². The van der Waals surface area contributed by atoms with Crippen LogP contribution in [0.1, 0.15) is 17.8 Å². The highest BCUT2D eigenvalue weighted by Gasteiger charge is 2.07. The Labute approximate surface area is 111 Å². The highest BCUT2D eigenvalue weighted by molar-refractivity contribution is 7.09. The van der Waals surface area contributed by atoms with Gasteiger partial charge in [-0.2, -0.15) is 0 Å². The summed E-state index contributed by atoms with van der Waals surface area (Å²) in [5.41, 5.74) is 6.77. The molecule has 1 atom stereocenters. The zero-order chi connectivity index (χ0) is 12.8. The van der Waals surface area contributed by atoms with Crippen molar-refractivity contribution in [2.24, 2.45) is 10.7 Å². The van der Waals surface area contributed by atoms with Gasteiger partial charge in [-0.3, -0.25) is 4.99 Å². The average Bonchev–Trinajstić information content (AvgIpc) is 2.91. The summed E-state index contributed by atoms with van der Waals surface area (Å²) >= 11 is 1.65. The molecule has 0 amide bonds. The summed E-state index contributed by atoms with van der Waals surface area (Å²) in [6.45, 7) is 2.73. The Bertz CT molecular complexity index is 493. The molecule has 0 spiro atoms. The van der Waals surface area contributed by atoms with Gasteiger partial charge in [0.15, 0.2) is 5.96 Å². The Morgan fingerprint density at radius 2 is 2.22 bits per heavy atom. The maximum absolute atomic E-state index is 5.83. The molecule has 2 rings (SSSR count). The lowest BCUT2D eigenvalue weighted by atomic mass is 10.2. The first kappa shape index (κ1) is 12.6. The fraction of sp³-hybridized carbons (Fsp3) is 0.231. The van der Waals surface area contributed by atoms with Crippen LogP contribution in [0.3, 0.4) is 0 Å². The van der Waals surface area contributed by atoms with Gasteiger partial charge in [-0.05, 0) is 12.1 Å². The second-order valence-electron chi connectivity index (χ2n) is 3.99. The van der Waals surface area contributed by atoms with Crippen LogP contribution in [0.5, 0.6) is 0 Å². The molecule has 0 radical (unpaired) electrons. The highest BCUT2D eigenvalue weighted by atomic mass is 32.1. The van der Waals surface area contributed by atoms with Crippen molar-refractivity contribution in [1.82, 2.24) is 4.98 Å². The van der Waals surface area contributed by atoms with Crippen LogP contribution in [0.15, 0.2) is 46.9 Å². The summed E-state index contributed by atoms with van der Waals surface area (Å²) in [4.78, 5) is 8.59. The van der Waals surface area contributed by atoms with Crippen LogP contribution in [0.4, 0.5) is 5.69 Å². The van der Waals surface area contributed by atoms with E-state index in [1.807, 2.05) is 41.9 Å². The molecule has 4 nitrogen and oxygen atoms in total. The van der Waals surface area contributed by atoms with E-state index >= 15 is 0 Å². The van der Waals surface area contributed by atoms with Crippen LogP contribution in [0.2, 0.25) is 0 Å². The smallest absolute Gasteiger partial charge is 0.193 e. The van der Waals surface area contributed by atoms with Crippen molar-refractivity contribution in [2.45, 2.75) is 12.8 Å². The standard InChI is InChI=1S/C13H16N4S/c1-10(12-15-7-8-18-12)9-16-13(14)17-11-5-3-2-4-6-11/h2-8,10H,9H2,1H3,(H3,14,16,17). The third-order valence-corrected chi connectivity index (χ3v) is 3.46. The Morgan fingerprint density at radius 1 is 1.44 bits per heavy atom. The van der Waals surface area contributed by atoms with Crippen molar-refractivity contribution in [3.63, 3.8) is 0 Å².